The Hall–Kier alpha value is -2.95. The van der Waals surface area contributed by atoms with Crippen LogP contribution in [0, 0.1) is 0 Å². The van der Waals surface area contributed by atoms with Crippen molar-refractivity contribution in [3.05, 3.63) is 59.7 Å². The number of benzene rings is 2. The topological polar surface area (TPSA) is 56.8 Å². The highest BCUT2D eigenvalue weighted by molar-refractivity contribution is 5.91. The van der Waals surface area contributed by atoms with E-state index in [1.54, 1.807) is 33.5 Å². The standard InChI is InChI=1S/C19H21NO4/c1-22-16-8-4-14(5-9-16)6-11-19(21)20-13-15-7-10-17(23-2)12-18(15)24-3/h4-12H,13H2,1-3H3,(H,20,21)/b11-6+. The molecular formula is C19H21NO4. The van der Waals surface area contributed by atoms with Crippen molar-refractivity contribution in [2.24, 2.45) is 0 Å². The molecule has 2 aromatic carbocycles. The van der Waals surface area contributed by atoms with E-state index in [2.05, 4.69) is 5.32 Å². The van der Waals surface area contributed by atoms with Crippen LogP contribution in [0.25, 0.3) is 6.08 Å². The quantitative estimate of drug-likeness (QED) is 0.794. The van der Waals surface area contributed by atoms with Gasteiger partial charge in [-0.15, -0.1) is 0 Å². The van der Waals surface area contributed by atoms with Crippen LogP contribution in [-0.2, 0) is 11.3 Å². The number of amides is 1. The molecule has 0 aromatic heterocycles. The molecular weight excluding hydrogens is 306 g/mol. The number of ether oxygens (including phenoxy) is 3. The van der Waals surface area contributed by atoms with E-state index in [9.17, 15) is 4.79 Å². The SMILES string of the molecule is COc1ccc(/C=C/C(=O)NCc2ccc(OC)cc2OC)cc1. The van der Waals surface area contributed by atoms with E-state index >= 15 is 0 Å². The molecule has 2 aromatic rings. The van der Waals surface area contributed by atoms with E-state index in [-0.39, 0.29) is 5.91 Å². The lowest BCUT2D eigenvalue weighted by atomic mass is 10.2. The third-order valence-electron chi connectivity index (χ3n) is 3.49. The molecule has 0 aliphatic rings. The van der Waals surface area contributed by atoms with Crippen LogP contribution in [0.3, 0.4) is 0 Å². The van der Waals surface area contributed by atoms with Crippen LogP contribution in [0.1, 0.15) is 11.1 Å². The predicted octanol–water partition coefficient (Wildman–Crippen LogP) is 3.04. The van der Waals surface area contributed by atoms with E-state index in [4.69, 9.17) is 14.2 Å². The van der Waals surface area contributed by atoms with Crippen LogP contribution in [0.15, 0.2) is 48.5 Å². The van der Waals surface area contributed by atoms with Crippen molar-refractivity contribution >= 4 is 12.0 Å². The highest BCUT2D eigenvalue weighted by atomic mass is 16.5. The molecule has 0 saturated carbocycles. The molecule has 0 bridgehead atoms. The van der Waals surface area contributed by atoms with Gasteiger partial charge in [-0.3, -0.25) is 4.79 Å². The number of carbonyl (C=O) groups excluding carboxylic acids is 1. The van der Waals surface area contributed by atoms with Gasteiger partial charge in [-0.25, -0.2) is 0 Å². The summed E-state index contributed by atoms with van der Waals surface area (Å²) in [4.78, 5) is 11.9. The summed E-state index contributed by atoms with van der Waals surface area (Å²) in [6, 6.07) is 12.9. The van der Waals surface area contributed by atoms with Crippen LogP contribution >= 0.6 is 0 Å². The van der Waals surface area contributed by atoms with Gasteiger partial charge in [0, 0.05) is 24.3 Å². The van der Waals surface area contributed by atoms with Crippen LogP contribution in [0.4, 0.5) is 0 Å². The molecule has 0 aliphatic heterocycles. The summed E-state index contributed by atoms with van der Waals surface area (Å²) in [5, 5.41) is 2.83. The van der Waals surface area contributed by atoms with Crippen molar-refractivity contribution in [2.45, 2.75) is 6.54 Å². The van der Waals surface area contributed by atoms with Gasteiger partial charge >= 0.3 is 0 Å². The minimum atomic E-state index is -0.177. The zero-order valence-electron chi connectivity index (χ0n) is 14.0. The van der Waals surface area contributed by atoms with Gasteiger partial charge in [-0.2, -0.15) is 0 Å². The monoisotopic (exact) mass is 327 g/mol. The molecule has 0 fully saturated rings. The fraction of sp³-hybridized carbons (Fsp3) is 0.211. The molecule has 126 valence electrons. The Kier molecular flexibility index (Phi) is 6.25. The highest BCUT2D eigenvalue weighted by Gasteiger charge is 2.06. The Morgan fingerprint density at radius 3 is 2.25 bits per heavy atom. The summed E-state index contributed by atoms with van der Waals surface area (Å²) in [6.07, 6.45) is 3.25. The maximum atomic E-state index is 11.9. The lowest BCUT2D eigenvalue weighted by Gasteiger charge is -2.10. The van der Waals surface area contributed by atoms with E-state index in [1.165, 1.54) is 6.08 Å². The third kappa shape index (κ3) is 4.78. The van der Waals surface area contributed by atoms with Gasteiger partial charge in [0.15, 0.2) is 0 Å². The number of carbonyl (C=O) groups is 1. The lowest BCUT2D eigenvalue weighted by molar-refractivity contribution is -0.116. The first-order valence-corrected chi connectivity index (χ1v) is 7.47. The molecule has 0 heterocycles. The van der Waals surface area contributed by atoms with Crippen molar-refractivity contribution in [1.82, 2.24) is 5.32 Å². The Morgan fingerprint density at radius 2 is 1.62 bits per heavy atom. The summed E-state index contributed by atoms with van der Waals surface area (Å²) in [5.74, 6) is 1.99. The van der Waals surface area contributed by atoms with Crippen molar-refractivity contribution in [3.8, 4) is 17.2 Å². The molecule has 5 heteroatoms. The predicted molar refractivity (Wildman–Crippen MR) is 93.4 cm³/mol. The Labute approximate surface area is 141 Å². The van der Waals surface area contributed by atoms with E-state index < -0.39 is 0 Å². The summed E-state index contributed by atoms with van der Waals surface area (Å²) in [7, 11) is 4.80. The Bertz CT molecular complexity index is 708. The number of hydrogen-bond acceptors (Lipinski definition) is 4. The molecule has 0 atom stereocenters. The van der Waals surface area contributed by atoms with Crippen LogP contribution < -0.4 is 19.5 Å². The highest BCUT2D eigenvalue weighted by Crippen LogP contribution is 2.24. The largest absolute Gasteiger partial charge is 0.497 e. The third-order valence-corrected chi connectivity index (χ3v) is 3.49. The minimum absolute atomic E-state index is 0.177. The molecule has 0 radical (unpaired) electrons. The van der Waals surface area contributed by atoms with Gasteiger partial charge < -0.3 is 19.5 Å². The molecule has 0 aliphatic carbocycles. The second-order valence-electron chi connectivity index (χ2n) is 5.00. The number of rotatable bonds is 7. The molecule has 0 spiro atoms. The summed E-state index contributed by atoms with van der Waals surface area (Å²) in [5.41, 5.74) is 1.80. The zero-order chi connectivity index (χ0) is 17.4. The number of methoxy groups -OCH3 is 3. The first kappa shape index (κ1) is 17.4. The first-order valence-electron chi connectivity index (χ1n) is 7.47. The second-order valence-corrected chi connectivity index (χ2v) is 5.00. The van der Waals surface area contributed by atoms with Crippen molar-refractivity contribution in [1.29, 1.82) is 0 Å². The normalized spacial score (nSPS) is 10.5. The van der Waals surface area contributed by atoms with Crippen molar-refractivity contribution in [2.75, 3.05) is 21.3 Å². The molecule has 2 rings (SSSR count). The van der Waals surface area contributed by atoms with Crippen LogP contribution in [-0.4, -0.2) is 27.2 Å². The van der Waals surface area contributed by atoms with Gasteiger partial charge in [0.2, 0.25) is 5.91 Å². The van der Waals surface area contributed by atoms with E-state index in [1.807, 2.05) is 36.4 Å². The maximum absolute atomic E-state index is 11.9. The summed E-state index contributed by atoms with van der Waals surface area (Å²) in [6.45, 7) is 0.374. The van der Waals surface area contributed by atoms with Gasteiger partial charge in [0.1, 0.15) is 17.2 Å². The lowest BCUT2D eigenvalue weighted by Crippen LogP contribution is -2.20. The van der Waals surface area contributed by atoms with Gasteiger partial charge in [0.25, 0.3) is 0 Å². The average molecular weight is 327 g/mol. The van der Waals surface area contributed by atoms with E-state index in [0.29, 0.717) is 18.0 Å². The van der Waals surface area contributed by atoms with Crippen LogP contribution in [0.5, 0.6) is 17.2 Å². The zero-order valence-corrected chi connectivity index (χ0v) is 14.0. The van der Waals surface area contributed by atoms with Crippen molar-refractivity contribution in [3.63, 3.8) is 0 Å². The molecule has 0 saturated heterocycles. The minimum Gasteiger partial charge on any atom is -0.497 e. The Morgan fingerprint density at radius 1 is 0.958 bits per heavy atom. The number of nitrogens with one attached hydrogen (secondary N) is 1. The van der Waals surface area contributed by atoms with Gasteiger partial charge in [-0.05, 0) is 35.9 Å². The maximum Gasteiger partial charge on any atom is 0.244 e. The fourth-order valence-electron chi connectivity index (χ4n) is 2.13. The first-order chi connectivity index (χ1) is 11.7. The second kappa shape index (κ2) is 8.62. The average Bonchev–Trinajstić information content (AvgIpc) is 2.64. The van der Waals surface area contributed by atoms with Crippen molar-refractivity contribution < 1.29 is 19.0 Å². The van der Waals surface area contributed by atoms with Crippen LogP contribution in [0.2, 0.25) is 0 Å². The smallest absolute Gasteiger partial charge is 0.244 e. The molecule has 1 amide bonds. The molecule has 24 heavy (non-hydrogen) atoms. The van der Waals surface area contributed by atoms with Gasteiger partial charge in [0.05, 0.1) is 21.3 Å². The summed E-state index contributed by atoms with van der Waals surface area (Å²) >= 11 is 0. The molecule has 5 nitrogen and oxygen atoms in total. The van der Waals surface area contributed by atoms with Gasteiger partial charge in [-0.1, -0.05) is 12.1 Å². The Balaban J connectivity index is 1.94. The molecule has 1 N–H and O–H groups in total. The summed E-state index contributed by atoms with van der Waals surface area (Å²) < 4.78 is 15.6. The number of hydrogen-bond donors (Lipinski definition) is 1. The fourth-order valence-corrected chi connectivity index (χ4v) is 2.13. The van der Waals surface area contributed by atoms with E-state index in [0.717, 1.165) is 16.9 Å². The molecule has 0 unspecified atom stereocenters.